The fourth-order valence-electron chi connectivity index (χ4n) is 1.34. The minimum absolute atomic E-state index is 0.125. The summed E-state index contributed by atoms with van der Waals surface area (Å²) in [6, 6.07) is -0.473. The molecule has 1 fully saturated rings. The lowest BCUT2D eigenvalue weighted by Crippen LogP contribution is -2.30. The van der Waals surface area contributed by atoms with Crippen molar-refractivity contribution in [1.82, 2.24) is 15.2 Å². The number of urea groups is 1. The quantitative estimate of drug-likeness (QED) is 0.734. The van der Waals surface area contributed by atoms with Gasteiger partial charge >= 0.3 is 6.03 Å². The molecule has 1 N–H and O–H groups in total. The summed E-state index contributed by atoms with van der Waals surface area (Å²) >= 11 is 1.48. The van der Waals surface area contributed by atoms with Crippen molar-refractivity contribution in [2.24, 2.45) is 0 Å². The van der Waals surface area contributed by atoms with Crippen LogP contribution in [0.1, 0.15) is 18.0 Å². The third-order valence-corrected chi connectivity index (χ3v) is 3.04. The van der Waals surface area contributed by atoms with Crippen molar-refractivity contribution in [3.63, 3.8) is 0 Å². The van der Waals surface area contributed by atoms with Gasteiger partial charge < -0.3 is 4.90 Å². The molecule has 2 rings (SSSR count). The highest BCUT2D eigenvalue weighted by Gasteiger charge is 2.32. The molecule has 1 aliphatic heterocycles. The van der Waals surface area contributed by atoms with Crippen molar-refractivity contribution in [1.29, 1.82) is 0 Å². The van der Waals surface area contributed by atoms with Crippen LogP contribution in [0.5, 0.6) is 0 Å². The van der Waals surface area contributed by atoms with Crippen LogP contribution in [0.15, 0.2) is 11.6 Å². The number of imide groups is 1. The Morgan fingerprint density at radius 2 is 2.43 bits per heavy atom. The summed E-state index contributed by atoms with van der Waals surface area (Å²) in [6.45, 7) is 1.98. The van der Waals surface area contributed by atoms with Crippen LogP contribution >= 0.6 is 11.3 Å². The van der Waals surface area contributed by atoms with Crippen LogP contribution in [0, 0.1) is 0 Å². The van der Waals surface area contributed by atoms with Crippen LogP contribution in [0.2, 0.25) is 0 Å². The summed E-state index contributed by atoms with van der Waals surface area (Å²) in [5.74, 6) is -0.251. The van der Waals surface area contributed by atoms with Gasteiger partial charge in [0.05, 0.1) is 6.04 Å². The largest absolute Gasteiger partial charge is 0.325 e. The molecule has 1 aromatic heterocycles. The van der Waals surface area contributed by atoms with Crippen LogP contribution in [-0.4, -0.2) is 28.4 Å². The zero-order valence-corrected chi connectivity index (χ0v) is 8.37. The fraction of sp³-hybridized carbons (Fsp3) is 0.375. The standard InChI is InChI=1S/C8H9N3O2S/c1-5(7-9-2-3-14-7)11-4-6(12)10-8(11)13/h2-3,5H,4H2,1H3,(H,10,12,13). The van der Waals surface area contributed by atoms with Gasteiger partial charge in [0.25, 0.3) is 0 Å². The highest BCUT2D eigenvalue weighted by molar-refractivity contribution is 7.09. The van der Waals surface area contributed by atoms with E-state index in [1.807, 2.05) is 12.3 Å². The number of nitrogens with zero attached hydrogens (tertiary/aromatic N) is 2. The van der Waals surface area contributed by atoms with Crippen LogP contribution < -0.4 is 5.32 Å². The summed E-state index contributed by atoms with van der Waals surface area (Å²) in [6.07, 6.45) is 1.69. The summed E-state index contributed by atoms with van der Waals surface area (Å²) in [5, 5.41) is 4.93. The molecule has 14 heavy (non-hydrogen) atoms. The molecular formula is C8H9N3O2S. The molecule has 5 nitrogen and oxygen atoms in total. The van der Waals surface area contributed by atoms with Gasteiger partial charge in [0.1, 0.15) is 11.6 Å². The first-order valence-corrected chi connectivity index (χ1v) is 5.06. The number of rotatable bonds is 2. The second-order valence-corrected chi connectivity index (χ2v) is 3.95. The van der Waals surface area contributed by atoms with E-state index in [2.05, 4.69) is 10.3 Å². The Morgan fingerprint density at radius 1 is 1.64 bits per heavy atom. The number of aromatic nitrogens is 1. The molecule has 1 atom stereocenters. The summed E-state index contributed by atoms with van der Waals surface area (Å²) in [4.78, 5) is 27.8. The minimum Gasteiger partial charge on any atom is -0.306 e. The highest BCUT2D eigenvalue weighted by Crippen LogP contribution is 2.23. The van der Waals surface area contributed by atoms with E-state index < -0.39 is 0 Å². The van der Waals surface area contributed by atoms with E-state index in [4.69, 9.17) is 0 Å². The van der Waals surface area contributed by atoms with Gasteiger partial charge in [-0.15, -0.1) is 11.3 Å². The molecule has 0 saturated carbocycles. The Kier molecular flexibility index (Phi) is 2.20. The fourth-order valence-corrected chi connectivity index (χ4v) is 2.05. The van der Waals surface area contributed by atoms with Gasteiger partial charge in [0, 0.05) is 11.6 Å². The molecule has 2 heterocycles. The van der Waals surface area contributed by atoms with Crippen molar-refractivity contribution in [2.75, 3.05) is 6.54 Å². The molecule has 0 bridgehead atoms. The van der Waals surface area contributed by atoms with Gasteiger partial charge in [-0.1, -0.05) is 0 Å². The molecule has 1 aliphatic rings. The topological polar surface area (TPSA) is 62.3 Å². The van der Waals surface area contributed by atoms with Gasteiger partial charge in [0.15, 0.2) is 0 Å². The molecule has 1 aromatic rings. The van der Waals surface area contributed by atoms with Crippen LogP contribution in [0.4, 0.5) is 4.79 Å². The SMILES string of the molecule is CC(c1nccs1)N1CC(=O)NC1=O. The number of thiazole rings is 1. The van der Waals surface area contributed by atoms with E-state index in [1.54, 1.807) is 6.20 Å². The van der Waals surface area contributed by atoms with Gasteiger partial charge in [-0.25, -0.2) is 9.78 Å². The van der Waals surface area contributed by atoms with Crippen molar-refractivity contribution in [3.8, 4) is 0 Å². The van der Waals surface area contributed by atoms with Crippen molar-refractivity contribution in [3.05, 3.63) is 16.6 Å². The van der Waals surface area contributed by atoms with Gasteiger partial charge in [-0.3, -0.25) is 10.1 Å². The number of carbonyl (C=O) groups is 2. The molecule has 0 spiro atoms. The summed E-state index contributed by atoms with van der Waals surface area (Å²) in [5.41, 5.74) is 0. The molecule has 0 aliphatic carbocycles. The average molecular weight is 211 g/mol. The first-order valence-electron chi connectivity index (χ1n) is 4.18. The normalized spacial score (nSPS) is 18.5. The monoisotopic (exact) mass is 211 g/mol. The van der Waals surface area contributed by atoms with Crippen molar-refractivity contribution >= 4 is 23.3 Å². The Labute approximate surface area is 84.7 Å². The summed E-state index contributed by atoms with van der Waals surface area (Å²) < 4.78 is 0. The van der Waals surface area contributed by atoms with E-state index >= 15 is 0 Å². The first-order chi connectivity index (χ1) is 6.68. The molecule has 1 unspecified atom stereocenters. The molecule has 3 amide bonds. The molecule has 1 saturated heterocycles. The van der Waals surface area contributed by atoms with Crippen molar-refractivity contribution in [2.45, 2.75) is 13.0 Å². The summed E-state index contributed by atoms with van der Waals surface area (Å²) in [7, 11) is 0. The third kappa shape index (κ3) is 1.48. The Morgan fingerprint density at radius 3 is 2.93 bits per heavy atom. The highest BCUT2D eigenvalue weighted by atomic mass is 32.1. The lowest BCUT2D eigenvalue weighted by molar-refractivity contribution is -0.118. The number of amides is 3. The smallest absolute Gasteiger partial charge is 0.306 e. The minimum atomic E-state index is -0.335. The van der Waals surface area contributed by atoms with Crippen LogP contribution in [-0.2, 0) is 4.79 Å². The Balaban J connectivity index is 2.16. The average Bonchev–Trinajstić information content (AvgIpc) is 2.73. The van der Waals surface area contributed by atoms with Crippen LogP contribution in [0.3, 0.4) is 0 Å². The lowest BCUT2D eigenvalue weighted by atomic mass is 10.3. The lowest BCUT2D eigenvalue weighted by Gasteiger charge is -2.19. The van der Waals surface area contributed by atoms with Gasteiger partial charge in [-0.05, 0) is 6.92 Å². The zero-order valence-electron chi connectivity index (χ0n) is 7.56. The van der Waals surface area contributed by atoms with E-state index in [0.717, 1.165) is 5.01 Å². The number of carbonyl (C=O) groups excluding carboxylic acids is 2. The van der Waals surface area contributed by atoms with Gasteiger partial charge in [-0.2, -0.15) is 0 Å². The van der Waals surface area contributed by atoms with E-state index in [9.17, 15) is 9.59 Å². The van der Waals surface area contributed by atoms with Gasteiger partial charge in [0.2, 0.25) is 5.91 Å². The Bertz CT molecular complexity index is 363. The maximum Gasteiger partial charge on any atom is 0.325 e. The first kappa shape index (κ1) is 9.14. The predicted octanol–water partition coefficient (Wildman–Crippen LogP) is 0.756. The molecule has 74 valence electrons. The number of nitrogens with one attached hydrogen (secondary N) is 1. The molecule has 6 heteroatoms. The second kappa shape index (κ2) is 3.38. The maximum absolute atomic E-state index is 11.3. The molecule has 0 radical (unpaired) electrons. The van der Waals surface area contributed by atoms with E-state index in [-0.39, 0.29) is 24.5 Å². The predicted molar refractivity (Wildman–Crippen MR) is 50.8 cm³/mol. The van der Waals surface area contributed by atoms with E-state index in [1.165, 1.54) is 16.2 Å². The van der Waals surface area contributed by atoms with Crippen molar-refractivity contribution < 1.29 is 9.59 Å². The number of hydrogen-bond donors (Lipinski definition) is 1. The second-order valence-electron chi connectivity index (χ2n) is 3.03. The van der Waals surface area contributed by atoms with E-state index in [0.29, 0.717) is 0 Å². The number of hydrogen-bond acceptors (Lipinski definition) is 4. The third-order valence-electron chi connectivity index (χ3n) is 2.10. The molecule has 0 aromatic carbocycles. The molecular weight excluding hydrogens is 202 g/mol. The maximum atomic E-state index is 11.3. The van der Waals surface area contributed by atoms with Crippen LogP contribution in [0.25, 0.3) is 0 Å². The Hall–Kier alpha value is -1.43. The zero-order chi connectivity index (χ0) is 10.1.